The summed E-state index contributed by atoms with van der Waals surface area (Å²) in [7, 11) is 0. The number of piperazine rings is 1. The van der Waals surface area contributed by atoms with Crippen molar-refractivity contribution in [1.29, 1.82) is 0 Å². The summed E-state index contributed by atoms with van der Waals surface area (Å²) in [5, 5.41) is 13.9. The third kappa shape index (κ3) is 4.48. The number of nitro groups is 1. The summed E-state index contributed by atoms with van der Waals surface area (Å²) in [6.07, 6.45) is 0. The van der Waals surface area contributed by atoms with Gasteiger partial charge in [-0.05, 0) is 31.2 Å². The predicted octanol–water partition coefficient (Wildman–Crippen LogP) is 3.65. The first-order chi connectivity index (χ1) is 13.4. The first-order valence-electron chi connectivity index (χ1n) is 8.85. The topological polar surface area (TPSA) is 78.7 Å². The highest BCUT2D eigenvalue weighted by molar-refractivity contribution is 9.10. The number of hydrogen-bond acceptors (Lipinski definition) is 5. The van der Waals surface area contributed by atoms with Gasteiger partial charge in [0.2, 0.25) is 5.91 Å². The molecule has 0 spiro atoms. The molecule has 2 aromatic rings. The first-order valence-corrected chi connectivity index (χ1v) is 9.64. The number of hydrogen-bond donors (Lipinski definition) is 1. The van der Waals surface area contributed by atoms with E-state index >= 15 is 0 Å². The van der Waals surface area contributed by atoms with Crippen LogP contribution in [0.15, 0.2) is 46.9 Å². The van der Waals surface area contributed by atoms with E-state index in [1.54, 1.807) is 31.2 Å². The molecule has 7 nitrogen and oxygen atoms in total. The average molecular weight is 451 g/mol. The van der Waals surface area contributed by atoms with Crippen molar-refractivity contribution in [2.24, 2.45) is 0 Å². The molecule has 28 heavy (non-hydrogen) atoms. The Morgan fingerprint density at radius 3 is 2.54 bits per heavy atom. The van der Waals surface area contributed by atoms with E-state index in [-0.39, 0.29) is 22.2 Å². The lowest BCUT2D eigenvalue weighted by atomic mass is 10.1. The summed E-state index contributed by atoms with van der Waals surface area (Å²) in [4.78, 5) is 27.3. The van der Waals surface area contributed by atoms with Crippen molar-refractivity contribution < 1.29 is 14.1 Å². The van der Waals surface area contributed by atoms with Crippen LogP contribution in [-0.4, -0.2) is 48.0 Å². The van der Waals surface area contributed by atoms with Gasteiger partial charge in [-0.3, -0.25) is 19.8 Å². The standard InChI is InChI=1S/C19H20BrFN4O3/c1-13(19(26)22-16-7-6-14(20)12-15(16)21)23-8-10-24(11-9-23)17-4-2-3-5-18(17)25(27)28/h2-7,12-13H,8-11H2,1H3,(H,22,26). The molecular formula is C19H20BrFN4O3. The smallest absolute Gasteiger partial charge is 0.292 e. The van der Waals surface area contributed by atoms with E-state index in [0.717, 1.165) is 0 Å². The highest BCUT2D eigenvalue weighted by atomic mass is 79.9. The van der Waals surface area contributed by atoms with Crippen molar-refractivity contribution in [3.63, 3.8) is 0 Å². The lowest BCUT2D eigenvalue weighted by molar-refractivity contribution is -0.384. The van der Waals surface area contributed by atoms with Crippen LogP contribution in [0.25, 0.3) is 0 Å². The molecule has 1 fully saturated rings. The lowest BCUT2D eigenvalue weighted by Crippen LogP contribution is -2.53. The van der Waals surface area contributed by atoms with Crippen molar-refractivity contribution in [2.45, 2.75) is 13.0 Å². The van der Waals surface area contributed by atoms with Crippen molar-refractivity contribution in [3.05, 3.63) is 62.9 Å². The van der Waals surface area contributed by atoms with E-state index in [1.807, 2.05) is 9.80 Å². The number of nitrogens with one attached hydrogen (secondary N) is 1. The van der Waals surface area contributed by atoms with Gasteiger partial charge in [-0.2, -0.15) is 0 Å². The number of nitro benzene ring substituents is 1. The van der Waals surface area contributed by atoms with Crippen LogP contribution >= 0.6 is 15.9 Å². The third-order valence-corrected chi connectivity index (χ3v) is 5.34. The van der Waals surface area contributed by atoms with Gasteiger partial charge >= 0.3 is 0 Å². The van der Waals surface area contributed by atoms with Crippen molar-refractivity contribution in [3.8, 4) is 0 Å². The number of amides is 1. The molecule has 1 amide bonds. The molecule has 1 aliphatic rings. The van der Waals surface area contributed by atoms with Gasteiger partial charge in [-0.25, -0.2) is 4.39 Å². The Kier molecular flexibility index (Phi) is 6.25. The third-order valence-electron chi connectivity index (χ3n) is 4.85. The predicted molar refractivity (Wildman–Crippen MR) is 109 cm³/mol. The Hall–Kier alpha value is -2.52. The van der Waals surface area contributed by atoms with E-state index in [2.05, 4.69) is 21.2 Å². The second-order valence-electron chi connectivity index (χ2n) is 6.56. The minimum absolute atomic E-state index is 0.0763. The van der Waals surface area contributed by atoms with Gasteiger partial charge in [0, 0.05) is 36.7 Å². The summed E-state index contributed by atoms with van der Waals surface area (Å²) in [5.41, 5.74) is 0.798. The summed E-state index contributed by atoms with van der Waals surface area (Å²) in [6.45, 7) is 4.05. The molecule has 1 unspecified atom stereocenters. The summed E-state index contributed by atoms with van der Waals surface area (Å²) in [5.74, 6) is -0.795. The van der Waals surface area contributed by atoms with Gasteiger partial charge in [0.15, 0.2) is 0 Å². The summed E-state index contributed by atoms with van der Waals surface area (Å²) >= 11 is 3.19. The molecule has 1 atom stereocenters. The van der Waals surface area contributed by atoms with E-state index in [9.17, 15) is 19.3 Å². The monoisotopic (exact) mass is 450 g/mol. The van der Waals surface area contributed by atoms with Crippen molar-refractivity contribution in [2.75, 3.05) is 36.4 Å². The zero-order chi connectivity index (χ0) is 20.3. The van der Waals surface area contributed by atoms with Crippen LogP contribution in [0.2, 0.25) is 0 Å². The van der Waals surface area contributed by atoms with Gasteiger partial charge in [0.05, 0.1) is 16.7 Å². The second-order valence-corrected chi connectivity index (χ2v) is 7.47. The SMILES string of the molecule is CC(C(=O)Nc1ccc(Br)cc1F)N1CCN(c2ccccc2[N+](=O)[O-])CC1. The number of nitrogens with zero attached hydrogens (tertiary/aromatic N) is 3. The van der Waals surface area contributed by atoms with Crippen LogP contribution in [0.3, 0.4) is 0 Å². The van der Waals surface area contributed by atoms with Crippen molar-refractivity contribution >= 4 is 38.9 Å². The largest absolute Gasteiger partial charge is 0.363 e. The van der Waals surface area contributed by atoms with Crippen LogP contribution < -0.4 is 10.2 Å². The molecule has 1 heterocycles. The van der Waals surface area contributed by atoms with Crippen LogP contribution in [0.4, 0.5) is 21.5 Å². The zero-order valence-electron chi connectivity index (χ0n) is 15.3. The van der Waals surface area contributed by atoms with Crippen LogP contribution in [0, 0.1) is 15.9 Å². The molecule has 2 aromatic carbocycles. The molecule has 1 aliphatic heterocycles. The van der Waals surface area contributed by atoms with Gasteiger partial charge < -0.3 is 10.2 Å². The van der Waals surface area contributed by atoms with Crippen LogP contribution in [0.5, 0.6) is 0 Å². The number of para-hydroxylation sites is 2. The fraction of sp³-hybridized carbons (Fsp3) is 0.316. The highest BCUT2D eigenvalue weighted by Gasteiger charge is 2.28. The Morgan fingerprint density at radius 1 is 1.21 bits per heavy atom. The zero-order valence-corrected chi connectivity index (χ0v) is 16.9. The fourth-order valence-corrected chi connectivity index (χ4v) is 3.56. The molecule has 0 aromatic heterocycles. The number of benzene rings is 2. The molecule has 1 N–H and O–H groups in total. The summed E-state index contributed by atoms with van der Waals surface area (Å²) in [6, 6.07) is 10.7. The molecule has 1 saturated heterocycles. The molecule has 0 aliphatic carbocycles. The molecule has 3 rings (SSSR count). The molecule has 0 bridgehead atoms. The summed E-state index contributed by atoms with van der Waals surface area (Å²) < 4.78 is 14.5. The van der Waals surface area contributed by atoms with E-state index in [4.69, 9.17) is 0 Å². The van der Waals surface area contributed by atoms with Crippen molar-refractivity contribution in [1.82, 2.24) is 4.90 Å². The van der Waals surface area contributed by atoms with Gasteiger partial charge in [-0.1, -0.05) is 28.1 Å². The highest BCUT2D eigenvalue weighted by Crippen LogP contribution is 2.28. The first kappa shape index (κ1) is 20.2. The minimum Gasteiger partial charge on any atom is -0.363 e. The molecule has 9 heteroatoms. The number of carbonyl (C=O) groups is 1. The van der Waals surface area contributed by atoms with Crippen LogP contribution in [-0.2, 0) is 4.79 Å². The quantitative estimate of drug-likeness (QED) is 0.555. The minimum atomic E-state index is -0.504. The maximum Gasteiger partial charge on any atom is 0.292 e. The second kappa shape index (κ2) is 8.66. The molecule has 0 saturated carbocycles. The lowest BCUT2D eigenvalue weighted by Gasteiger charge is -2.38. The van der Waals surface area contributed by atoms with E-state index < -0.39 is 11.9 Å². The maximum absolute atomic E-state index is 13.9. The maximum atomic E-state index is 13.9. The van der Waals surface area contributed by atoms with E-state index in [1.165, 1.54) is 18.2 Å². The average Bonchev–Trinajstić information content (AvgIpc) is 2.69. The van der Waals surface area contributed by atoms with Crippen LogP contribution in [0.1, 0.15) is 6.92 Å². The van der Waals surface area contributed by atoms with E-state index in [0.29, 0.717) is 36.3 Å². The Labute approximate surface area is 170 Å². The Bertz CT molecular complexity index is 887. The molecule has 148 valence electrons. The normalized spacial score (nSPS) is 15.9. The fourth-order valence-electron chi connectivity index (χ4n) is 3.23. The number of anilines is 2. The Balaban J connectivity index is 1.61. The number of halogens is 2. The Morgan fingerprint density at radius 2 is 1.89 bits per heavy atom. The number of rotatable bonds is 5. The van der Waals surface area contributed by atoms with Gasteiger partial charge in [0.25, 0.3) is 5.69 Å². The van der Waals surface area contributed by atoms with Gasteiger partial charge in [-0.15, -0.1) is 0 Å². The van der Waals surface area contributed by atoms with Gasteiger partial charge in [0.1, 0.15) is 11.5 Å². The molecule has 0 radical (unpaired) electrons. The number of carbonyl (C=O) groups excluding carboxylic acids is 1. The molecular weight excluding hydrogens is 431 g/mol.